The third-order valence-electron chi connectivity index (χ3n) is 0.795. The highest BCUT2D eigenvalue weighted by Gasteiger charge is 1.83. The number of rotatable bonds is 0. The smallest absolute Gasteiger partial charge is 0.125 e. The summed E-state index contributed by atoms with van der Waals surface area (Å²) in [6.07, 6.45) is 1.45. The van der Waals surface area contributed by atoms with Crippen molar-refractivity contribution in [3.05, 3.63) is 23.8 Å². The predicted octanol–water partition coefficient (Wildman–Crippen LogP) is 1.09. The molecule has 0 spiro atoms. The van der Waals surface area contributed by atoms with Gasteiger partial charge in [-0.2, -0.15) is 0 Å². The topological polar surface area (TPSA) is 25.8 Å². The molecule has 1 aromatic heterocycles. The van der Waals surface area contributed by atoms with E-state index in [1.54, 1.807) is 13.0 Å². The molecule has 8 heavy (non-hydrogen) atoms. The molecule has 42 valence electrons. The lowest BCUT2D eigenvalue weighted by Gasteiger charge is -1.89. The maximum absolute atomic E-state index is 6.98. The van der Waals surface area contributed by atoms with Gasteiger partial charge in [-0.25, -0.2) is 9.97 Å². The summed E-state index contributed by atoms with van der Waals surface area (Å²) < 4.78 is 20.9. The van der Waals surface area contributed by atoms with E-state index in [2.05, 4.69) is 9.97 Å². The standard InChI is InChI=1S/C6H8N2/c1-5-3-4-7-6(2)8-5/h3-4H,1-2H3/i2D3. The maximum atomic E-state index is 6.98. The monoisotopic (exact) mass is 111 g/mol. The van der Waals surface area contributed by atoms with Gasteiger partial charge in [0.25, 0.3) is 0 Å². The minimum Gasteiger partial charge on any atom is -0.242 e. The summed E-state index contributed by atoms with van der Waals surface area (Å²) in [7, 11) is 0. The number of aryl methyl sites for hydroxylation is 2. The van der Waals surface area contributed by atoms with Gasteiger partial charge in [-0.05, 0) is 19.8 Å². The normalized spacial score (nSPS) is 16.4. The van der Waals surface area contributed by atoms with Crippen LogP contribution in [0.1, 0.15) is 15.6 Å². The van der Waals surface area contributed by atoms with Crippen molar-refractivity contribution in [1.29, 1.82) is 0 Å². The third kappa shape index (κ3) is 1.03. The summed E-state index contributed by atoms with van der Waals surface area (Å²) in [5.41, 5.74) is 0.672. The molecule has 0 unspecified atom stereocenters. The van der Waals surface area contributed by atoms with Crippen molar-refractivity contribution >= 4 is 0 Å². The molecule has 0 aliphatic carbocycles. The first-order valence-electron chi connectivity index (χ1n) is 3.80. The zero-order valence-corrected chi connectivity index (χ0v) is 4.55. The van der Waals surface area contributed by atoms with Crippen molar-refractivity contribution in [2.24, 2.45) is 0 Å². The second-order valence-electron chi connectivity index (χ2n) is 1.52. The molecule has 0 radical (unpaired) electrons. The van der Waals surface area contributed by atoms with Gasteiger partial charge in [0.2, 0.25) is 0 Å². The summed E-state index contributed by atoms with van der Waals surface area (Å²) in [4.78, 5) is 7.41. The highest BCUT2D eigenvalue weighted by molar-refractivity contribution is 4.97. The molecule has 1 rings (SSSR count). The summed E-state index contributed by atoms with van der Waals surface area (Å²) in [6, 6.07) is 1.66. The Hall–Kier alpha value is -0.920. The number of aromatic nitrogens is 2. The van der Waals surface area contributed by atoms with Crippen LogP contribution in [-0.4, -0.2) is 9.97 Å². The van der Waals surface area contributed by atoms with Crippen molar-refractivity contribution < 1.29 is 4.11 Å². The van der Waals surface area contributed by atoms with Crippen LogP contribution in [0.3, 0.4) is 0 Å². The Morgan fingerprint density at radius 1 is 1.75 bits per heavy atom. The molecule has 0 aliphatic heterocycles. The molecule has 0 amide bonds. The van der Waals surface area contributed by atoms with Crippen LogP contribution in [0.25, 0.3) is 0 Å². The van der Waals surface area contributed by atoms with E-state index in [9.17, 15) is 0 Å². The Kier molecular flexibility index (Phi) is 0.613. The molecule has 0 saturated carbocycles. The lowest BCUT2D eigenvalue weighted by molar-refractivity contribution is 1.01. The zero-order valence-electron chi connectivity index (χ0n) is 7.55. The van der Waals surface area contributed by atoms with Crippen LogP contribution in [0.15, 0.2) is 12.3 Å². The van der Waals surface area contributed by atoms with E-state index in [0.29, 0.717) is 5.69 Å². The van der Waals surface area contributed by atoms with Gasteiger partial charge in [-0.3, -0.25) is 0 Å². The molecule has 0 saturated heterocycles. The Morgan fingerprint density at radius 3 is 3.12 bits per heavy atom. The summed E-state index contributed by atoms with van der Waals surface area (Å²) in [5.74, 6) is -0.0856. The van der Waals surface area contributed by atoms with Crippen molar-refractivity contribution in [2.45, 2.75) is 13.8 Å². The van der Waals surface area contributed by atoms with E-state index in [0.717, 1.165) is 0 Å². The fourth-order valence-corrected chi connectivity index (χ4v) is 0.449. The first-order valence-corrected chi connectivity index (χ1v) is 2.30. The first-order chi connectivity index (χ1) is 5.00. The van der Waals surface area contributed by atoms with E-state index in [4.69, 9.17) is 4.11 Å². The molecule has 0 N–H and O–H groups in total. The van der Waals surface area contributed by atoms with E-state index < -0.39 is 6.85 Å². The Labute approximate surface area is 52.8 Å². The first kappa shape index (κ1) is 2.58. The largest absolute Gasteiger partial charge is 0.242 e. The molecule has 0 aromatic carbocycles. The second kappa shape index (κ2) is 1.90. The van der Waals surface area contributed by atoms with E-state index in [-0.39, 0.29) is 5.82 Å². The maximum Gasteiger partial charge on any atom is 0.125 e. The van der Waals surface area contributed by atoms with Crippen molar-refractivity contribution in [3.63, 3.8) is 0 Å². The SMILES string of the molecule is [2H]C([2H])([2H])c1nccc(C)n1. The van der Waals surface area contributed by atoms with Crippen molar-refractivity contribution in [2.75, 3.05) is 0 Å². The second-order valence-corrected chi connectivity index (χ2v) is 1.52. The van der Waals surface area contributed by atoms with Crippen LogP contribution in [0.4, 0.5) is 0 Å². The van der Waals surface area contributed by atoms with Crippen LogP contribution in [0, 0.1) is 13.8 Å². The van der Waals surface area contributed by atoms with Crippen LogP contribution >= 0.6 is 0 Å². The van der Waals surface area contributed by atoms with Gasteiger partial charge in [0.05, 0.1) is 0 Å². The summed E-state index contributed by atoms with van der Waals surface area (Å²) in [5, 5.41) is 0. The van der Waals surface area contributed by atoms with Crippen LogP contribution in [0.2, 0.25) is 0 Å². The summed E-state index contributed by atoms with van der Waals surface area (Å²) in [6.45, 7) is -0.455. The van der Waals surface area contributed by atoms with Crippen LogP contribution in [0.5, 0.6) is 0 Å². The Bertz CT molecular complexity index is 256. The van der Waals surface area contributed by atoms with Gasteiger partial charge in [0.1, 0.15) is 5.82 Å². The quantitative estimate of drug-likeness (QED) is 0.501. The van der Waals surface area contributed by atoms with Crippen molar-refractivity contribution in [1.82, 2.24) is 9.97 Å². The summed E-state index contributed by atoms with van der Waals surface area (Å²) >= 11 is 0. The fourth-order valence-electron chi connectivity index (χ4n) is 0.449. The molecule has 2 heteroatoms. The van der Waals surface area contributed by atoms with Gasteiger partial charge in [0.15, 0.2) is 0 Å². The molecule has 2 nitrogen and oxygen atoms in total. The minimum absolute atomic E-state index is 0.0856. The van der Waals surface area contributed by atoms with Gasteiger partial charge >= 0.3 is 0 Å². The molecule has 0 fully saturated rings. The van der Waals surface area contributed by atoms with E-state index in [1.807, 2.05) is 0 Å². The predicted molar refractivity (Wildman–Crippen MR) is 31.5 cm³/mol. The molecule has 0 bridgehead atoms. The molecule has 0 aliphatic rings. The molecular weight excluding hydrogens is 100 g/mol. The minimum atomic E-state index is -2.19. The number of hydrogen-bond donors (Lipinski definition) is 0. The molecule has 1 aromatic rings. The van der Waals surface area contributed by atoms with Gasteiger partial charge in [-0.1, -0.05) is 0 Å². The Balaban J connectivity index is 3.06. The van der Waals surface area contributed by atoms with E-state index in [1.165, 1.54) is 6.20 Å². The number of hydrogen-bond acceptors (Lipinski definition) is 2. The van der Waals surface area contributed by atoms with Crippen LogP contribution < -0.4 is 0 Å². The lowest BCUT2D eigenvalue weighted by atomic mass is 10.4. The highest BCUT2D eigenvalue weighted by Crippen LogP contribution is 1.88. The van der Waals surface area contributed by atoms with Crippen molar-refractivity contribution in [3.8, 4) is 0 Å². The third-order valence-corrected chi connectivity index (χ3v) is 0.795. The zero-order chi connectivity index (χ0) is 8.48. The number of nitrogens with zero attached hydrogens (tertiary/aromatic N) is 2. The average molecular weight is 111 g/mol. The van der Waals surface area contributed by atoms with Gasteiger partial charge in [-0.15, -0.1) is 0 Å². The Morgan fingerprint density at radius 2 is 2.62 bits per heavy atom. The molecule has 0 atom stereocenters. The van der Waals surface area contributed by atoms with Gasteiger partial charge < -0.3 is 0 Å². The fraction of sp³-hybridized carbons (Fsp3) is 0.333. The van der Waals surface area contributed by atoms with Gasteiger partial charge in [0, 0.05) is 16.0 Å². The van der Waals surface area contributed by atoms with Crippen LogP contribution in [-0.2, 0) is 0 Å². The average Bonchev–Trinajstić information content (AvgIpc) is 1.86. The molecule has 1 heterocycles. The molecular formula is C6H8N2. The van der Waals surface area contributed by atoms with E-state index >= 15 is 0 Å². The lowest BCUT2D eigenvalue weighted by Crippen LogP contribution is -1.86. The highest BCUT2D eigenvalue weighted by atomic mass is 14.9.